The lowest BCUT2D eigenvalue weighted by atomic mass is 10.0. The van der Waals surface area contributed by atoms with Crippen molar-refractivity contribution in [2.75, 3.05) is 11.9 Å². The number of carbonyl (C=O) groups excluding carboxylic acids is 2. The van der Waals surface area contributed by atoms with E-state index in [9.17, 15) is 18.4 Å². The number of nitrogens with zero attached hydrogens (tertiary/aromatic N) is 6. The Labute approximate surface area is 164 Å². The fraction of sp³-hybridized carbons (Fsp3) is 0.611. The van der Waals surface area contributed by atoms with Gasteiger partial charge in [-0.2, -0.15) is 5.10 Å². The van der Waals surface area contributed by atoms with Gasteiger partial charge in [0.25, 0.3) is 11.8 Å². The fourth-order valence-electron chi connectivity index (χ4n) is 3.93. The van der Waals surface area contributed by atoms with Crippen LogP contribution in [-0.2, 0) is 17.9 Å². The minimum absolute atomic E-state index is 0.105. The van der Waals surface area contributed by atoms with Crippen molar-refractivity contribution < 1.29 is 18.4 Å². The summed E-state index contributed by atoms with van der Waals surface area (Å²) in [6, 6.07) is 1.93. The number of likely N-dealkylation sites (N-methyl/N-ethyl adjacent to an activating group) is 1. The molecule has 3 aliphatic rings. The summed E-state index contributed by atoms with van der Waals surface area (Å²) >= 11 is 0. The lowest BCUT2D eigenvalue weighted by Crippen LogP contribution is -2.32. The lowest BCUT2D eigenvalue weighted by molar-refractivity contribution is -0.120. The molecular formula is C18H21F2N7O2. The molecule has 0 saturated heterocycles. The number of aryl methyl sites for hydroxylation is 1. The Morgan fingerprint density at radius 2 is 2.03 bits per heavy atom. The van der Waals surface area contributed by atoms with Gasteiger partial charge in [-0.1, -0.05) is 0 Å². The maximum atomic E-state index is 13.4. The van der Waals surface area contributed by atoms with Crippen molar-refractivity contribution in [3.8, 4) is 0 Å². The summed E-state index contributed by atoms with van der Waals surface area (Å²) in [5.74, 6) is -4.34. The minimum Gasteiger partial charge on any atom is -0.363 e. The molecule has 2 atom stereocenters. The highest BCUT2D eigenvalue weighted by atomic mass is 19.3. The second-order valence-corrected chi connectivity index (χ2v) is 8.17. The number of carbonyl (C=O) groups is 2. The summed E-state index contributed by atoms with van der Waals surface area (Å²) < 4.78 is 29.9. The van der Waals surface area contributed by atoms with Crippen molar-refractivity contribution in [2.45, 2.75) is 56.5 Å². The molecule has 29 heavy (non-hydrogen) atoms. The van der Waals surface area contributed by atoms with Crippen LogP contribution in [0.4, 0.5) is 14.6 Å². The van der Waals surface area contributed by atoms with Crippen molar-refractivity contribution in [3.05, 3.63) is 23.4 Å². The maximum Gasteiger partial charge on any atom is 0.288 e. The largest absolute Gasteiger partial charge is 0.363 e. The van der Waals surface area contributed by atoms with Gasteiger partial charge in [0, 0.05) is 37.9 Å². The molecule has 2 N–H and O–H groups in total. The lowest BCUT2D eigenvalue weighted by Gasteiger charge is -2.19. The Hall–Kier alpha value is -2.85. The molecule has 2 fully saturated rings. The van der Waals surface area contributed by atoms with E-state index in [2.05, 4.69) is 15.2 Å². The Morgan fingerprint density at radius 1 is 1.31 bits per heavy atom. The van der Waals surface area contributed by atoms with Gasteiger partial charge in [-0.3, -0.25) is 14.5 Å². The molecule has 1 aliphatic heterocycles. The standard InChI is InChI=1S/C18H21F2N7O2/c1-25-13-6-12(9-2-3-9)23-26(13)5-4-11(17(25)29)16-22-15(14(21)28)24-27(16)8-10-7-18(10,19)20/h6,9-11H,2-5,7-8H2,1H3,(H2,21,28)/t10?,11-/m0/s1. The summed E-state index contributed by atoms with van der Waals surface area (Å²) in [5.41, 5.74) is 6.28. The molecule has 2 saturated carbocycles. The normalized spacial score (nSPS) is 25.6. The Bertz CT molecular complexity index is 1010. The number of alkyl halides is 2. The molecule has 5 rings (SSSR count). The highest BCUT2D eigenvalue weighted by Crippen LogP contribution is 2.49. The monoisotopic (exact) mass is 405 g/mol. The molecule has 154 valence electrons. The Balaban J connectivity index is 1.46. The van der Waals surface area contributed by atoms with Crippen LogP contribution in [0, 0.1) is 5.92 Å². The summed E-state index contributed by atoms with van der Waals surface area (Å²) in [5, 5.41) is 8.63. The van der Waals surface area contributed by atoms with Crippen molar-refractivity contribution in [3.63, 3.8) is 0 Å². The molecule has 2 aromatic heterocycles. The number of rotatable bonds is 5. The SMILES string of the molecule is CN1C(=O)[C@H](c2nc(C(N)=O)nn2CC2CC2(F)F)CCn2nc(C3CC3)cc21. The molecule has 0 spiro atoms. The average Bonchev–Trinajstić information content (AvgIpc) is 3.51. The average molecular weight is 405 g/mol. The first kappa shape index (κ1) is 18.2. The van der Waals surface area contributed by atoms with E-state index in [1.54, 1.807) is 11.7 Å². The molecule has 0 aromatic carbocycles. The maximum absolute atomic E-state index is 13.4. The number of halogens is 2. The number of hydrogen-bond donors (Lipinski definition) is 1. The topological polar surface area (TPSA) is 112 Å². The van der Waals surface area contributed by atoms with Gasteiger partial charge in [0.05, 0.1) is 18.2 Å². The van der Waals surface area contributed by atoms with Crippen molar-refractivity contribution >= 4 is 17.6 Å². The second kappa shape index (κ2) is 6.07. The van der Waals surface area contributed by atoms with Crippen LogP contribution in [0.25, 0.3) is 0 Å². The third-order valence-electron chi connectivity index (χ3n) is 5.96. The molecular weight excluding hydrogens is 384 g/mol. The van der Waals surface area contributed by atoms with Gasteiger partial charge in [0.2, 0.25) is 11.7 Å². The van der Waals surface area contributed by atoms with Gasteiger partial charge in [0.1, 0.15) is 11.6 Å². The number of anilines is 1. The van der Waals surface area contributed by atoms with Crippen LogP contribution in [0.1, 0.15) is 59.7 Å². The summed E-state index contributed by atoms with van der Waals surface area (Å²) in [6.07, 6.45) is 2.36. The number of nitrogens with two attached hydrogens (primary N) is 1. The molecule has 0 bridgehead atoms. The quantitative estimate of drug-likeness (QED) is 0.805. The van der Waals surface area contributed by atoms with E-state index in [0.29, 0.717) is 24.7 Å². The highest BCUT2D eigenvalue weighted by Gasteiger charge is 2.57. The van der Waals surface area contributed by atoms with Crippen molar-refractivity contribution in [2.24, 2.45) is 11.7 Å². The zero-order chi connectivity index (χ0) is 20.5. The molecule has 1 unspecified atom stereocenters. The molecule has 0 radical (unpaired) electrons. The third-order valence-corrected chi connectivity index (χ3v) is 5.96. The third kappa shape index (κ3) is 3.08. The molecule has 2 aliphatic carbocycles. The fourth-order valence-corrected chi connectivity index (χ4v) is 3.93. The first-order valence-electron chi connectivity index (χ1n) is 9.72. The van der Waals surface area contributed by atoms with Gasteiger partial charge in [0.15, 0.2) is 0 Å². The number of fused-ring (bicyclic) bond motifs is 1. The van der Waals surface area contributed by atoms with E-state index in [0.717, 1.165) is 18.5 Å². The zero-order valence-electron chi connectivity index (χ0n) is 15.9. The van der Waals surface area contributed by atoms with Gasteiger partial charge in [-0.15, -0.1) is 5.10 Å². The van der Waals surface area contributed by atoms with Crippen molar-refractivity contribution in [1.29, 1.82) is 0 Å². The summed E-state index contributed by atoms with van der Waals surface area (Å²) in [4.78, 5) is 30.4. The van der Waals surface area contributed by atoms with E-state index < -0.39 is 23.7 Å². The Kier molecular flexibility index (Phi) is 3.81. The van der Waals surface area contributed by atoms with Crippen LogP contribution >= 0.6 is 0 Å². The zero-order valence-corrected chi connectivity index (χ0v) is 15.9. The highest BCUT2D eigenvalue weighted by molar-refractivity contribution is 5.97. The first-order valence-corrected chi connectivity index (χ1v) is 9.72. The molecule has 9 nitrogen and oxygen atoms in total. The van der Waals surface area contributed by atoms with E-state index >= 15 is 0 Å². The number of primary amides is 1. The van der Waals surface area contributed by atoms with Gasteiger partial charge in [-0.05, 0) is 19.3 Å². The summed E-state index contributed by atoms with van der Waals surface area (Å²) in [7, 11) is 1.66. The van der Waals surface area contributed by atoms with Crippen LogP contribution in [0.2, 0.25) is 0 Å². The van der Waals surface area contributed by atoms with Crippen LogP contribution < -0.4 is 10.6 Å². The second-order valence-electron chi connectivity index (χ2n) is 8.17. The van der Waals surface area contributed by atoms with E-state index in [1.807, 2.05) is 6.07 Å². The predicted octanol–water partition coefficient (Wildman–Crippen LogP) is 1.26. The van der Waals surface area contributed by atoms with Crippen LogP contribution in [0.15, 0.2) is 6.07 Å². The summed E-state index contributed by atoms with van der Waals surface area (Å²) in [6.45, 7) is 0.369. The molecule has 2 amide bonds. The van der Waals surface area contributed by atoms with E-state index in [1.165, 1.54) is 9.58 Å². The molecule has 3 heterocycles. The van der Waals surface area contributed by atoms with Gasteiger partial charge >= 0.3 is 0 Å². The predicted molar refractivity (Wildman–Crippen MR) is 96.6 cm³/mol. The smallest absolute Gasteiger partial charge is 0.288 e. The van der Waals surface area contributed by atoms with Gasteiger partial charge < -0.3 is 5.73 Å². The number of amides is 2. The number of aromatic nitrogens is 5. The first-order chi connectivity index (χ1) is 13.7. The number of hydrogen-bond acceptors (Lipinski definition) is 5. The van der Waals surface area contributed by atoms with E-state index in [-0.39, 0.29) is 30.5 Å². The van der Waals surface area contributed by atoms with Gasteiger partial charge in [-0.25, -0.2) is 23.1 Å². The Morgan fingerprint density at radius 3 is 2.66 bits per heavy atom. The van der Waals surface area contributed by atoms with Crippen LogP contribution in [0.3, 0.4) is 0 Å². The van der Waals surface area contributed by atoms with Crippen LogP contribution in [0.5, 0.6) is 0 Å². The van der Waals surface area contributed by atoms with Crippen molar-refractivity contribution in [1.82, 2.24) is 24.5 Å². The van der Waals surface area contributed by atoms with E-state index in [4.69, 9.17) is 5.73 Å². The molecule has 11 heteroatoms. The molecule has 2 aromatic rings. The minimum atomic E-state index is -2.75. The van der Waals surface area contributed by atoms with Crippen LogP contribution in [-0.4, -0.2) is 49.3 Å².